The van der Waals surface area contributed by atoms with Crippen LogP contribution >= 0.6 is 0 Å². The number of nitrogens with one attached hydrogen (secondary N) is 1. The number of hydrogen-bond acceptors (Lipinski definition) is 6. The lowest BCUT2D eigenvalue weighted by molar-refractivity contribution is -0.110. The number of alkyl carbamates (subject to hydrolysis) is 1. The maximum atomic E-state index is 12.2. The van der Waals surface area contributed by atoms with Gasteiger partial charge in [0.05, 0.1) is 7.11 Å². The van der Waals surface area contributed by atoms with Crippen LogP contribution in [0.1, 0.15) is 32.3 Å². The Balaban J connectivity index is 2.36. The molecule has 0 heterocycles. The number of aldehydes is 1. The van der Waals surface area contributed by atoms with Crippen LogP contribution < -0.4 is 10.1 Å². The van der Waals surface area contributed by atoms with Crippen LogP contribution in [0, 0.1) is 0 Å². The predicted molar refractivity (Wildman–Crippen MR) is 92.5 cm³/mol. The molecule has 7 nitrogen and oxygen atoms in total. The number of hydrogen-bond donors (Lipinski definition) is 1. The number of benzene rings is 1. The van der Waals surface area contributed by atoms with Gasteiger partial charge in [0.2, 0.25) is 0 Å². The highest BCUT2D eigenvalue weighted by molar-refractivity contribution is 7.91. The van der Waals surface area contributed by atoms with Crippen LogP contribution in [0.5, 0.6) is 5.75 Å². The molecule has 1 aliphatic rings. The first kappa shape index (κ1) is 19.2. The molecular formula is C17H23NO6S. The van der Waals surface area contributed by atoms with Crippen molar-refractivity contribution in [1.29, 1.82) is 0 Å². The largest absolute Gasteiger partial charge is 0.497 e. The molecule has 0 aliphatic heterocycles. The van der Waals surface area contributed by atoms with Gasteiger partial charge in [-0.3, -0.25) is 0 Å². The van der Waals surface area contributed by atoms with Crippen molar-refractivity contribution in [3.05, 3.63) is 29.8 Å². The summed E-state index contributed by atoms with van der Waals surface area (Å²) in [5.41, 5.74) is -1.68. The molecule has 0 bridgehead atoms. The molecule has 138 valence electrons. The number of sulfone groups is 1. The summed E-state index contributed by atoms with van der Waals surface area (Å²) in [7, 11) is -2.07. The summed E-state index contributed by atoms with van der Waals surface area (Å²) in [5.74, 6) is -0.0736. The van der Waals surface area contributed by atoms with Crippen molar-refractivity contribution in [2.45, 2.75) is 43.1 Å². The predicted octanol–water partition coefficient (Wildman–Crippen LogP) is 1.67. The van der Waals surface area contributed by atoms with Gasteiger partial charge in [-0.25, -0.2) is 13.2 Å². The zero-order valence-electron chi connectivity index (χ0n) is 14.9. The Kier molecular flexibility index (Phi) is 4.87. The summed E-state index contributed by atoms with van der Waals surface area (Å²) in [6.45, 7) is 5.05. The van der Waals surface area contributed by atoms with E-state index in [9.17, 15) is 18.0 Å². The fraction of sp³-hybridized carbons (Fsp3) is 0.529. The highest BCUT2D eigenvalue weighted by atomic mass is 32.2. The highest BCUT2D eigenvalue weighted by Crippen LogP contribution is 2.54. The molecule has 8 heteroatoms. The second-order valence-corrected chi connectivity index (χ2v) is 9.35. The number of methoxy groups -OCH3 is 1. The van der Waals surface area contributed by atoms with E-state index in [1.807, 2.05) is 0 Å². The lowest BCUT2D eigenvalue weighted by Crippen LogP contribution is -2.45. The fourth-order valence-electron chi connectivity index (χ4n) is 3.04. The third-order valence-corrected chi connectivity index (χ3v) is 5.61. The quantitative estimate of drug-likeness (QED) is 0.793. The van der Waals surface area contributed by atoms with Gasteiger partial charge in [-0.2, -0.15) is 0 Å². The first-order valence-electron chi connectivity index (χ1n) is 7.75. The van der Waals surface area contributed by atoms with E-state index in [4.69, 9.17) is 9.47 Å². The molecular weight excluding hydrogens is 346 g/mol. The monoisotopic (exact) mass is 369 g/mol. The first-order chi connectivity index (χ1) is 11.4. The maximum Gasteiger partial charge on any atom is 0.408 e. The smallest absolute Gasteiger partial charge is 0.408 e. The lowest BCUT2D eigenvalue weighted by Gasteiger charge is -2.22. The number of rotatable bonds is 5. The molecule has 2 rings (SSSR count). The summed E-state index contributed by atoms with van der Waals surface area (Å²) in [6, 6.07) is 6.72. The molecule has 1 fully saturated rings. The van der Waals surface area contributed by atoms with Gasteiger partial charge in [0.25, 0.3) is 0 Å². The van der Waals surface area contributed by atoms with Gasteiger partial charge in [-0.1, -0.05) is 12.1 Å². The third kappa shape index (κ3) is 3.95. The lowest BCUT2D eigenvalue weighted by atomic mass is 10.1. The van der Waals surface area contributed by atoms with E-state index in [0.717, 1.165) is 6.26 Å². The van der Waals surface area contributed by atoms with Crippen molar-refractivity contribution in [1.82, 2.24) is 5.32 Å². The summed E-state index contributed by atoms with van der Waals surface area (Å²) >= 11 is 0. The van der Waals surface area contributed by atoms with Crippen molar-refractivity contribution in [2.24, 2.45) is 0 Å². The molecule has 3 atom stereocenters. The van der Waals surface area contributed by atoms with Gasteiger partial charge in [-0.05, 0) is 38.5 Å². The van der Waals surface area contributed by atoms with E-state index in [1.165, 1.54) is 7.11 Å². The Morgan fingerprint density at radius 2 is 1.80 bits per heavy atom. The van der Waals surface area contributed by atoms with E-state index in [1.54, 1.807) is 45.0 Å². The first-order valence-corrected chi connectivity index (χ1v) is 9.70. The van der Waals surface area contributed by atoms with Crippen LogP contribution in [-0.4, -0.2) is 50.6 Å². The number of amides is 1. The Morgan fingerprint density at radius 1 is 1.24 bits per heavy atom. The van der Waals surface area contributed by atoms with Gasteiger partial charge >= 0.3 is 6.09 Å². The number of carbonyl (C=O) groups is 2. The van der Waals surface area contributed by atoms with E-state index in [0.29, 0.717) is 17.6 Å². The Labute approximate surface area is 147 Å². The van der Waals surface area contributed by atoms with Crippen molar-refractivity contribution in [2.75, 3.05) is 13.4 Å². The average molecular weight is 369 g/mol. The van der Waals surface area contributed by atoms with Crippen molar-refractivity contribution >= 4 is 22.2 Å². The summed E-state index contributed by atoms with van der Waals surface area (Å²) < 4.78 is 34.6. The van der Waals surface area contributed by atoms with Gasteiger partial charge in [0, 0.05) is 12.2 Å². The van der Waals surface area contributed by atoms with E-state index >= 15 is 0 Å². The minimum absolute atomic E-state index is 0.484. The molecule has 1 amide bonds. The molecule has 0 saturated heterocycles. The summed E-state index contributed by atoms with van der Waals surface area (Å²) in [5, 5.41) is 1.42. The molecule has 1 aliphatic carbocycles. The maximum absolute atomic E-state index is 12.2. The Morgan fingerprint density at radius 3 is 2.20 bits per heavy atom. The normalized spacial score (nSPS) is 25.8. The van der Waals surface area contributed by atoms with E-state index < -0.39 is 38.2 Å². The Bertz CT molecular complexity index is 765. The number of carbonyl (C=O) groups excluding carboxylic acids is 2. The van der Waals surface area contributed by atoms with Crippen LogP contribution in [0.15, 0.2) is 24.3 Å². The molecule has 0 radical (unpaired) electrons. The minimum atomic E-state index is -3.58. The van der Waals surface area contributed by atoms with E-state index in [2.05, 4.69) is 5.32 Å². The molecule has 0 spiro atoms. The topological polar surface area (TPSA) is 98.8 Å². The molecule has 1 saturated carbocycles. The van der Waals surface area contributed by atoms with Gasteiger partial charge in [-0.15, -0.1) is 0 Å². The zero-order valence-corrected chi connectivity index (χ0v) is 15.7. The van der Waals surface area contributed by atoms with E-state index in [-0.39, 0.29) is 0 Å². The van der Waals surface area contributed by atoms with Gasteiger partial charge in [0.15, 0.2) is 9.84 Å². The van der Waals surface area contributed by atoms with Crippen molar-refractivity contribution in [3.8, 4) is 5.75 Å². The van der Waals surface area contributed by atoms with Crippen molar-refractivity contribution in [3.63, 3.8) is 0 Å². The molecule has 1 N–H and O–H groups in total. The van der Waals surface area contributed by atoms with Crippen molar-refractivity contribution < 1.29 is 27.5 Å². The summed E-state index contributed by atoms with van der Waals surface area (Å²) in [6.07, 6.45) is 0.706. The summed E-state index contributed by atoms with van der Waals surface area (Å²) in [4.78, 5) is 23.9. The van der Waals surface area contributed by atoms with Crippen LogP contribution in [0.25, 0.3) is 0 Å². The second-order valence-electron chi connectivity index (χ2n) is 7.18. The SMILES string of the molecule is COc1ccc([C@@H]2[C@@H](S(C)(=O)=O)[C@]2(C=O)NC(=O)OC(C)(C)C)cc1. The van der Waals surface area contributed by atoms with Crippen LogP contribution in [-0.2, 0) is 19.4 Å². The molecule has 0 unspecified atom stereocenters. The fourth-order valence-corrected chi connectivity index (χ4v) is 4.80. The van der Waals surface area contributed by atoms with Crippen LogP contribution in [0.2, 0.25) is 0 Å². The zero-order chi connectivity index (χ0) is 19.0. The molecule has 0 aromatic heterocycles. The number of ether oxygens (including phenoxy) is 2. The molecule has 1 aromatic carbocycles. The standard InChI is InChI=1S/C17H23NO6S/c1-16(2,3)24-15(20)18-17(10-19)13(14(17)25(5,21)22)11-6-8-12(23-4)9-7-11/h6-10,13-14H,1-5H3,(H,18,20)/t13-,14-,17-/m1/s1. The van der Waals surface area contributed by atoms with Crippen LogP contribution in [0.3, 0.4) is 0 Å². The molecule has 1 aromatic rings. The third-order valence-electron chi connectivity index (χ3n) is 4.03. The second kappa shape index (κ2) is 6.33. The minimum Gasteiger partial charge on any atom is -0.497 e. The van der Waals surface area contributed by atoms with Gasteiger partial charge in [0.1, 0.15) is 28.4 Å². The van der Waals surface area contributed by atoms with Gasteiger partial charge < -0.3 is 19.6 Å². The van der Waals surface area contributed by atoms with Crippen LogP contribution in [0.4, 0.5) is 4.79 Å². The average Bonchev–Trinajstić information content (AvgIpc) is 3.14. The highest BCUT2D eigenvalue weighted by Gasteiger charge is 2.71. The Hall–Kier alpha value is -2.09. The molecule has 25 heavy (non-hydrogen) atoms.